The highest BCUT2D eigenvalue weighted by atomic mass is 32.2. The molecule has 1 atom stereocenters. The smallest absolute Gasteiger partial charge is 0.303 e. The third-order valence-corrected chi connectivity index (χ3v) is 8.34. The van der Waals surface area contributed by atoms with Crippen LogP contribution in [0.5, 0.6) is 23.0 Å². The maximum absolute atomic E-state index is 12.0. The van der Waals surface area contributed by atoms with Crippen LogP contribution in [0.25, 0.3) is 21.9 Å². The Kier molecular flexibility index (Phi) is 11.0. The number of carboxylic acid groups (broad SMARTS) is 1. The Morgan fingerprint density at radius 2 is 1.58 bits per heavy atom. The summed E-state index contributed by atoms with van der Waals surface area (Å²) < 4.78 is 36.5. The number of phenolic OH excluding ortho intramolecular Hbond substituents is 1. The van der Waals surface area contributed by atoms with Gasteiger partial charge in [-0.25, -0.2) is 8.42 Å². The van der Waals surface area contributed by atoms with Crippen molar-refractivity contribution in [3.8, 4) is 34.1 Å². The van der Waals surface area contributed by atoms with Crippen molar-refractivity contribution < 1.29 is 32.9 Å². The second kappa shape index (κ2) is 14.9. The number of rotatable bonds is 16. The van der Waals surface area contributed by atoms with E-state index >= 15 is 0 Å². The van der Waals surface area contributed by atoms with Crippen molar-refractivity contribution in [3.63, 3.8) is 0 Å². The Bertz CT molecular complexity index is 1620. The molecule has 0 saturated carbocycles. The maximum Gasteiger partial charge on any atom is 0.303 e. The van der Waals surface area contributed by atoms with Crippen molar-refractivity contribution in [2.24, 2.45) is 0 Å². The second-order valence-corrected chi connectivity index (χ2v) is 12.6. The first-order valence-corrected chi connectivity index (χ1v) is 16.5. The molecule has 0 saturated heterocycles. The summed E-state index contributed by atoms with van der Waals surface area (Å²) in [6.45, 7) is 3.66. The number of aliphatic carboxylic acids is 1. The molecule has 8 nitrogen and oxygen atoms in total. The first kappa shape index (κ1) is 31.8. The summed E-state index contributed by atoms with van der Waals surface area (Å²) in [5.41, 5.74) is 1.59. The fourth-order valence-electron chi connectivity index (χ4n) is 4.82. The van der Waals surface area contributed by atoms with Crippen molar-refractivity contribution in [2.45, 2.75) is 56.4 Å². The lowest BCUT2D eigenvalue weighted by Crippen LogP contribution is -2.31. The minimum Gasteiger partial charge on any atom is -0.508 e. The van der Waals surface area contributed by atoms with Crippen LogP contribution < -0.4 is 14.8 Å². The van der Waals surface area contributed by atoms with Crippen molar-refractivity contribution in [1.29, 1.82) is 0 Å². The summed E-state index contributed by atoms with van der Waals surface area (Å²) in [5.74, 6) is 1.35. The van der Waals surface area contributed by atoms with E-state index in [9.17, 15) is 18.3 Å². The number of carbonyl (C=O) groups is 1. The summed E-state index contributed by atoms with van der Waals surface area (Å²) >= 11 is 0. The number of aromatic hydroxyl groups is 1. The SMILES string of the molecule is CCC(CNCCCCCCC(=O)O)Oc1ccc(Oc2c(-c3ccc(S(C)(=O)=O)cc3)ccc3cc(O)ccc23)cc1. The van der Waals surface area contributed by atoms with Crippen molar-refractivity contribution in [1.82, 2.24) is 5.32 Å². The molecular weight excluding hydrogens is 566 g/mol. The molecule has 0 aliphatic rings. The Morgan fingerprint density at radius 1 is 0.884 bits per heavy atom. The molecule has 0 amide bonds. The van der Waals surface area contributed by atoms with Crippen LogP contribution in [-0.2, 0) is 14.6 Å². The van der Waals surface area contributed by atoms with Gasteiger partial charge in [-0.15, -0.1) is 0 Å². The number of hydrogen-bond donors (Lipinski definition) is 3. The number of ether oxygens (including phenoxy) is 2. The van der Waals surface area contributed by atoms with Crippen LogP contribution in [0, 0.1) is 0 Å². The molecule has 9 heteroatoms. The van der Waals surface area contributed by atoms with Crippen LogP contribution >= 0.6 is 0 Å². The highest BCUT2D eigenvalue weighted by molar-refractivity contribution is 7.90. The quantitative estimate of drug-likeness (QED) is 0.115. The van der Waals surface area contributed by atoms with Gasteiger partial charge in [0.15, 0.2) is 9.84 Å². The largest absolute Gasteiger partial charge is 0.508 e. The van der Waals surface area contributed by atoms with Gasteiger partial charge in [0.05, 0.1) is 4.90 Å². The van der Waals surface area contributed by atoms with Gasteiger partial charge in [0, 0.05) is 30.2 Å². The van der Waals surface area contributed by atoms with E-state index in [0.717, 1.165) is 66.3 Å². The van der Waals surface area contributed by atoms with E-state index in [-0.39, 0.29) is 23.2 Å². The monoisotopic (exact) mass is 605 g/mol. The predicted octanol–water partition coefficient (Wildman–Crippen LogP) is 7.19. The van der Waals surface area contributed by atoms with Crippen molar-refractivity contribution >= 4 is 26.6 Å². The van der Waals surface area contributed by atoms with Crippen molar-refractivity contribution in [2.75, 3.05) is 19.3 Å². The highest BCUT2D eigenvalue weighted by Gasteiger charge is 2.15. The summed E-state index contributed by atoms with van der Waals surface area (Å²) in [6.07, 6.45) is 5.91. The average Bonchev–Trinajstić information content (AvgIpc) is 2.98. The van der Waals surface area contributed by atoms with Gasteiger partial charge in [-0.3, -0.25) is 4.79 Å². The van der Waals surface area contributed by atoms with Gasteiger partial charge in [0.25, 0.3) is 0 Å². The molecule has 0 aliphatic carbocycles. The van der Waals surface area contributed by atoms with Crippen LogP contribution in [0.4, 0.5) is 0 Å². The van der Waals surface area contributed by atoms with E-state index in [1.807, 2.05) is 36.4 Å². The Labute approximate surface area is 253 Å². The number of unbranched alkanes of at least 4 members (excludes halogenated alkanes) is 3. The third kappa shape index (κ3) is 9.20. The molecule has 3 N–H and O–H groups in total. The number of fused-ring (bicyclic) bond motifs is 1. The number of hydrogen-bond acceptors (Lipinski definition) is 7. The molecular formula is C34H39NO7S. The van der Waals surface area contributed by atoms with E-state index in [2.05, 4.69) is 12.2 Å². The summed E-state index contributed by atoms with van der Waals surface area (Å²) in [6, 6.07) is 23.0. The van der Waals surface area contributed by atoms with Crippen molar-refractivity contribution in [3.05, 3.63) is 78.9 Å². The van der Waals surface area contributed by atoms with Crippen LogP contribution in [-0.4, -0.2) is 50.0 Å². The second-order valence-electron chi connectivity index (χ2n) is 10.6. The van der Waals surface area contributed by atoms with E-state index < -0.39 is 15.8 Å². The van der Waals surface area contributed by atoms with Crippen LogP contribution in [0.1, 0.15) is 45.4 Å². The molecule has 4 rings (SSSR count). The van der Waals surface area contributed by atoms with Crippen LogP contribution in [0.15, 0.2) is 83.8 Å². The van der Waals surface area contributed by atoms with E-state index in [4.69, 9.17) is 14.6 Å². The lowest BCUT2D eigenvalue weighted by molar-refractivity contribution is -0.137. The minimum absolute atomic E-state index is 0.00559. The van der Waals surface area contributed by atoms with Gasteiger partial charge in [-0.1, -0.05) is 38.0 Å². The van der Waals surface area contributed by atoms with Gasteiger partial charge >= 0.3 is 5.97 Å². The Balaban J connectivity index is 1.43. The number of carboxylic acids is 1. The lowest BCUT2D eigenvalue weighted by Gasteiger charge is -2.19. The van der Waals surface area contributed by atoms with Gasteiger partial charge in [0.2, 0.25) is 0 Å². The van der Waals surface area contributed by atoms with Gasteiger partial charge < -0.3 is 25.0 Å². The minimum atomic E-state index is -3.32. The molecule has 0 spiro atoms. The fourth-order valence-corrected chi connectivity index (χ4v) is 5.45. The fraction of sp³-hybridized carbons (Fsp3) is 0.324. The van der Waals surface area contributed by atoms with Crippen LogP contribution in [0.3, 0.4) is 0 Å². The topological polar surface area (TPSA) is 122 Å². The van der Waals surface area contributed by atoms with Gasteiger partial charge in [0.1, 0.15) is 29.1 Å². The van der Waals surface area contributed by atoms with E-state index in [1.165, 1.54) is 6.26 Å². The number of nitrogens with one attached hydrogen (secondary N) is 1. The number of phenols is 1. The normalized spacial score (nSPS) is 12.2. The molecule has 0 radical (unpaired) electrons. The summed E-state index contributed by atoms with van der Waals surface area (Å²) in [5, 5.41) is 23.8. The predicted molar refractivity (Wildman–Crippen MR) is 169 cm³/mol. The highest BCUT2D eigenvalue weighted by Crippen LogP contribution is 2.41. The summed E-state index contributed by atoms with van der Waals surface area (Å²) in [4.78, 5) is 10.8. The molecule has 4 aromatic carbocycles. The van der Waals surface area contributed by atoms with Gasteiger partial charge in [-0.05, 0) is 97.4 Å². The molecule has 0 fully saturated rings. The maximum atomic E-state index is 12.0. The Hall–Kier alpha value is -4.08. The zero-order chi connectivity index (χ0) is 30.8. The first-order valence-electron chi connectivity index (χ1n) is 14.6. The average molecular weight is 606 g/mol. The molecule has 228 valence electrons. The Morgan fingerprint density at radius 3 is 2.26 bits per heavy atom. The molecule has 0 bridgehead atoms. The van der Waals surface area contributed by atoms with Gasteiger partial charge in [-0.2, -0.15) is 0 Å². The van der Waals surface area contributed by atoms with E-state index in [0.29, 0.717) is 18.0 Å². The molecule has 0 aromatic heterocycles. The zero-order valence-electron chi connectivity index (χ0n) is 24.6. The van der Waals surface area contributed by atoms with Crippen LogP contribution in [0.2, 0.25) is 0 Å². The lowest BCUT2D eigenvalue weighted by atomic mass is 9.99. The molecule has 0 aliphatic heterocycles. The van der Waals surface area contributed by atoms with E-state index in [1.54, 1.807) is 42.5 Å². The molecule has 43 heavy (non-hydrogen) atoms. The third-order valence-electron chi connectivity index (χ3n) is 7.22. The summed E-state index contributed by atoms with van der Waals surface area (Å²) in [7, 11) is -3.32. The standard InChI is InChI=1S/C34H39NO7S/c1-3-27(23-35-21-7-5-4-6-8-33(37)38)41-28-13-15-29(16-14-28)42-34-31(19-11-25-22-26(36)12-20-32(25)34)24-9-17-30(18-10-24)43(2,39)40/h9-20,22,27,35-36H,3-8,21,23H2,1-2H3,(H,37,38). The number of benzene rings is 4. The zero-order valence-corrected chi connectivity index (χ0v) is 25.4. The first-order chi connectivity index (χ1) is 20.6. The number of sulfone groups is 1. The molecule has 0 heterocycles. The molecule has 1 unspecified atom stereocenters. The molecule has 4 aromatic rings.